The molecule has 2 heterocycles. The third kappa shape index (κ3) is 4.78. The predicted molar refractivity (Wildman–Crippen MR) is 109 cm³/mol. The topological polar surface area (TPSA) is 116 Å². The van der Waals surface area contributed by atoms with E-state index in [0.29, 0.717) is 31.9 Å². The van der Waals surface area contributed by atoms with Gasteiger partial charge in [-0.15, -0.1) is 0 Å². The first kappa shape index (κ1) is 21.3. The quantitative estimate of drug-likeness (QED) is 0.566. The number of likely N-dealkylation sites (tertiary alicyclic amines) is 1. The summed E-state index contributed by atoms with van der Waals surface area (Å²) in [5.41, 5.74) is 0.114. The number of piperazine rings is 1. The molecule has 0 unspecified atom stereocenters. The van der Waals surface area contributed by atoms with E-state index in [1.807, 2.05) is 9.80 Å². The molecule has 0 spiro atoms. The molecule has 0 saturated carbocycles. The first-order valence-electron chi connectivity index (χ1n) is 9.78. The van der Waals surface area contributed by atoms with Gasteiger partial charge >= 0.3 is 6.03 Å². The third-order valence-corrected chi connectivity index (χ3v) is 6.77. The van der Waals surface area contributed by atoms with E-state index >= 15 is 0 Å². The molecule has 2 aliphatic rings. The van der Waals surface area contributed by atoms with Crippen molar-refractivity contribution < 1.29 is 18.1 Å². The second-order valence-electron chi connectivity index (χ2n) is 7.63. The highest BCUT2D eigenvalue weighted by Gasteiger charge is 2.30. The summed E-state index contributed by atoms with van der Waals surface area (Å²) in [7, 11) is -3.82. The molecular formula is C18H27N5O5S. The van der Waals surface area contributed by atoms with Gasteiger partial charge in [-0.05, 0) is 38.8 Å². The van der Waals surface area contributed by atoms with Crippen LogP contribution in [-0.4, -0.2) is 74.5 Å². The second-order valence-corrected chi connectivity index (χ2v) is 9.35. The first-order valence-corrected chi connectivity index (χ1v) is 11.3. The number of nitrogens with zero attached hydrogens (tertiary/aromatic N) is 4. The molecule has 160 valence electrons. The molecule has 2 amide bonds. The smallest absolute Gasteiger partial charge is 0.320 e. The van der Waals surface area contributed by atoms with E-state index in [1.54, 1.807) is 18.7 Å². The molecule has 0 atom stereocenters. The summed E-state index contributed by atoms with van der Waals surface area (Å²) < 4.78 is 27.1. The molecule has 2 aliphatic heterocycles. The molecular weight excluding hydrogens is 398 g/mol. The van der Waals surface area contributed by atoms with Crippen LogP contribution in [-0.2, 0) is 10.0 Å². The Morgan fingerprint density at radius 2 is 1.66 bits per heavy atom. The number of carbonyl (C=O) groups excluding carboxylic acids is 1. The van der Waals surface area contributed by atoms with Gasteiger partial charge in [0.25, 0.3) is 5.69 Å². The fourth-order valence-corrected chi connectivity index (χ4v) is 4.98. The molecule has 2 fully saturated rings. The summed E-state index contributed by atoms with van der Waals surface area (Å²) in [6.45, 7) is 6.79. The number of nitro groups is 1. The number of rotatable bonds is 5. The van der Waals surface area contributed by atoms with Gasteiger partial charge in [0.1, 0.15) is 5.69 Å². The average molecular weight is 426 g/mol. The minimum Gasteiger partial charge on any atom is -0.362 e. The van der Waals surface area contributed by atoms with Crippen LogP contribution in [0.5, 0.6) is 0 Å². The molecule has 2 saturated heterocycles. The highest BCUT2D eigenvalue weighted by molar-refractivity contribution is 7.89. The van der Waals surface area contributed by atoms with Gasteiger partial charge < -0.3 is 14.7 Å². The largest absolute Gasteiger partial charge is 0.362 e. The highest BCUT2D eigenvalue weighted by Crippen LogP contribution is 2.31. The minimum absolute atomic E-state index is 0.0258. The van der Waals surface area contributed by atoms with Crippen LogP contribution in [0.25, 0.3) is 0 Å². The number of nitro benzene ring substituents is 1. The Morgan fingerprint density at radius 3 is 2.21 bits per heavy atom. The van der Waals surface area contributed by atoms with Gasteiger partial charge in [-0.2, -0.15) is 0 Å². The summed E-state index contributed by atoms with van der Waals surface area (Å²) in [5, 5.41) is 11.6. The van der Waals surface area contributed by atoms with E-state index in [2.05, 4.69) is 4.72 Å². The van der Waals surface area contributed by atoms with Crippen molar-refractivity contribution in [1.82, 2.24) is 14.5 Å². The van der Waals surface area contributed by atoms with Crippen LogP contribution < -0.4 is 9.62 Å². The van der Waals surface area contributed by atoms with Gasteiger partial charge in [-0.3, -0.25) is 10.1 Å². The molecule has 0 bridgehead atoms. The van der Waals surface area contributed by atoms with E-state index in [0.717, 1.165) is 32.0 Å². The van der Waals surface area contributed by atoms with Crippen molar-refractivity contribution in [1.29, 1.82) is 0 Å². The van der Waals surface area contributed by atoms with Crippen LogP contribution in [0.4, 0.5) is 16.2 Å². The van der Waals surface area contributed by atoms with Crippen LogP contribution in [0, 0.1) is 10.1 Å². The van der Waals surface area contributed by atoms with Crippen LogP contribution in [0.3, 0.4) is 0 Å². The SMILES string of the molecule is CC(C)NS(=O)(=O)c1ccc(N2CCN(C(=O)N3CCCC3)CC2)c([N+](=O)[O-])c1. The molecule has 29 heavy (non-hydrogen) atoms. The Balaban J connectivity index is 1.75. The van der Waals surface area contributed by atoms with Gasteiger partial charge in [0.2, 0.25) is 10.0 Å². The maximum absolute atomic E-state index is 12.5. The van der Waals surface area contributed by atoms with Crippen molar-refractivity contribution >= 4 is 27.4 Å². The van der Waals surface area contributed by atoms with Gasteiger partial charge in [0.15, 0.2) is 0 Å². The number of hydrogen-bond donors (Lipinski definition) is 1. The van der Waals surface area contributed by atoms with Gasteiger partial charge in [-0.1, -0.05) is 0 Å². The molecule has 0 aliphatic carbocycles. The first-order chi connectivity index (χ1) is 13.7. The monoisotopic (exact) mass is 425 g/mol. The van der Waals surface area contributed by atoms with Gasteiger partial charge in [0, 0.05) is 51.4 Å². The lowest BCUT2D eigenvalue weighted by Crippen LogP contribution is -2.52. The zero-order chi connectivity index (χ0) is 21.2. The maximum atomic E-state index is 12.5. The molecule has 10 nitrogen and oxygen atoms in total. The van der Waals surface area contributed by atoms with E-state index < -0.39 is 14.9 Å². The van der Waals surface area contributed by atoms with E-state index in [-0.39, 0.29) is 22.7 Å². The number of amides is 2. The summed E-state index contributed by atoms with van der Waals surface area (Å²) in [6, 6.07) is 3.67. The lowest BCUT2D eigenvalue weighted by atomic mass is 10.2. The Kier molecular flexibility index (Phi) is 6.27. The van der Waals surface area contributed by atoms with E-state index in [4.69, 9.17) is 0 Å². The second kappa shape index (κ2) is 8.54. The molecule has 3 rings (SSSR count). The highest BCUT2D eigenvalue weighted by atomic mass is 32.2. The normalized spacial score (nSPS) is 17.8. The molecule has 1 aromatic carbocycles. The van der Waals surface area contributed by atoms with Crippen LogP contribution >= 0.6 is 0 Å². The van der Waals surface area contributed by atoms with Crippen molar-refractivity contribution in [2.24, 2.45) is 0 Å². The van der Waals surface area contributed by atoms with E-state index in [1.165, 1.54) is 12.1 Å². The third-order valence-electron chi connectivity index (χ3n) is 5.11. The van der Waals surface area contributed by atoms with Gasteiger partial charge in [0.05, 0.1) is 9.82 Å². The number of anilines is 1. The molecule has 0 radical (unpaired) electrons. The fourth-order valence-electron chi connectivity index (χ4n) is 3.71. The van der Waals surface area contributed by atoms with Crippen molar-refractivity contribution in [2.45, 2.75) is 37.6 Å². The Hall–Kier alpha value is -2.40. The predicted octanol–water partition coefficient (Wildman–Crippen LogP) is 1.62. The molecule has 1 N–H and O–H groups in total. The number of carbonyl (C=O) groups is 1. The standard InChI is InChI=1S/C18H27N5O5S/c1-14(2)19-29(27,28)15-5-6-16(17(13-15)23(25)26)20-9-11-22(12-10-20)18(24)21-7-3-4-8-21/h5-6,13-14,19H,3-4,7-12H2,1-2H3. The lowest BCUT2D eigenvalue weighted by Gasteiger charge is -2.37. The zero-order valence-electron chi connectivity index (χ0n) is 16.7. The number of sulfonamides is 1. The van der Waals surface area contributed by atoms with Crippen molar-refractivity contribution in [3.05, 3.63) is 28.3 Å². The number of hydrogen-bond acceptors (Lipinski definition) is 6. The lowest BCUT2D eigenvalue weighted by molar-refractivity contribution is -0.384. The Bertz CT molecular complexity index is 875. The Morgan fingerprint density at radius 1 is 1.07 bits per heavy atom. The van der Waals surface area contributed by atoms with Crippen molar-refractivity contribution in [3.8, 4) is 0 Å². The summed E-state index contributed by atoms with van der Waals surface area (Å²) in [4.78, 5) is 28.9. The number of benzene rings is 1. The van der Waals surface area contributed by atoms with Crippen molar-refractivity contribution in [2.75, 3.05) is 44.2 Å². The minimum atomic E-state index is -3.82. The summed E-state index contributed by atoms with van der Waals surface area (Å²) in [5.74, 6) is 0. The summed E-state index contributed by atoms with van der Waals surface area (Å²) >= 11 is 0. The molecule has 11 heteroatoms. The van der Waals surface area contributed by atoms with Crippen LogP contribution in [0.1, 0.15) is 26.7 Å². The van der Waals surface area contributed by atoms with Crippen LogP contribution in [0.2, 0.25) is 0 Å². The average Bonchev–Trinajstić information content (AvgIpc) is 3.21. The summed E-state index contributed by atoms with van der Waals surface area (Å²) in [6.07, 6.45) is 2.05. The maximum Gasteiger partial charge on any atom is 0.320 e. The Labute approximate surface area is 170 Å². The zero-order valence-corrected chi connectivity index (χ0v) is 17.5. The number of urea groups is 1. The van der Waals surface area contributed by atoms with Crippen LogP contribution in [0.15, 0.2) is 23.1 Å². The van der Waals surface area contributed by atoms with Crippen molar-refractivity contribution in [3.63, 3.8) is 0 Å². The molecule has 1 aromatic rings. The molecule has 0 aromatic heterocycles. The van der Waals surface area contributed by atoms with Gasteiger partial charge in [-0.25, -0.2) is 17.9 Å². The number of nitrogens with one attached hydrogen (secondary N) is 1. The van der Waals surface area contributed by atoms with E-state index in [9.17, 15) is 23.3 Å². The fraction of sp³-hybridized carbons (Fsp3) is 0.611.